The zero-order valence-corrected chi connectivity index (χ0v) is 16.8. The molecule has 2 aromatic heterocycles. The van der Waals surface area contributed by atoms with Crippen LogP contribution in [0.2, 0.25) is 0 Å². The fourth-order valence-electron chi connectivity index (χ4n) is 3.91. The maximum atomic E-state index is 12.6. The molecule has 11 heteroatoms. The second-order valence-corrected chi connectivity index (χ2v) is 8.40. The second-order valence-electron chi connectivity index (χ2n) is 7.31. The summed E-state index contributed by atoms with van der Waals surface area (Å²) >= 11 is 1.25. The number of amides is 2. The van der Waals surface area contributed by atoms with Crippen molar-refractivity contribution >= 4 is 45.0 Å². The number of rotatable bonds is 4. The number of carbonyl (C=O) groups excluding carboxylic acids is 2. The van der Waals surface area contributed by atoms with E-state index in [1.54, 1.807) is 18.2 Å². The third kappa shape index (κ3) is 3.32. The molecule has 31 heavy (non-hydrogen) atoms. The van der Waals surface area contributed by atoms with E-state index in [1.165, 1.54) is 11.3 Å². The predicted molar refractivity (Wildman–Crippen MR) is 111 cm³/mol. The van der Waals surface area contributed by atoms with E-state index in [0.29, 0.717) is 34.7 Å². The molecule has 1 unspecified atom stereocenters. The Hall–Kier alpha value is -3.73. The Morgan fingerprint density at radius 3 is 2.97 bits per heavy atom. The fourth-order valence-corrected chi connectivity index (χ4v) is 5.16. The molecule has 2 amide bonds. The number of aromatic amines is 1. The Morgan fingerprint density at radius 2 is 2.16 bits per heavy atom. The number of thiophene rings is 1. The quantitative estimate of drug-likeness (QED) is 0.478. The third-order valence-corrected chi connectivity index (χ3v) is 6.49. The number of aryl methyl sites for hydroxylation is 1. The van der Waals surface area contributed by atoms with Crippen LogP contribution in [0.5, 0.6) is 5.75 Å². The number of benzene rings is 1. The van der Waals surface area contributed by atoms with Crippen molar-refractivity contribution in [3.8, 4) is 5.75 Å². The van der Waals surface area contributed by atoms with E-state index in [-0.39, 0.29) is 30.3 Å². The zero-order valence-electron chi connectivity index (χ0n) is 16.0. The van der Waals surface area contributed by atoms with Gasteiger partial charge in [0.2, 0.25) is 5.82 Å². The van der Waals surface area contributed by atoms with Crippen LogP contribution in [0.4, 0.5) is 5.69 Å². The number of ether oxygens (including phenoxy) is 1. The number of carbonyl (C=O) groups is 3. The molecule has 0 saturated carbocycles. The summed E-state index contributed by atoms with van der Waals surface area (Å²) in [6.45, 7) is 0.107. The van der Waals surface area contributed by atoms with Crippen molar-refractivity contribution in [2.45, 2.75) is 25.3 Å². The molecule has 10 nitrogen and oxygen atoms in total. The van der Waals surface area contributed by atoms with Crippen molar-refractivity contribution in [1.82, 2.24) is 15.3 Å². The van der Waals surface area contributed by atoms with Crippen molar-refractivity contribution in [1.29, 1.82) is 0 Å². The predicted octanol–water partition coefficient (Wildman–Crippen LogP) is 1.36. The van der Waals surface area contributed by atoms with Crippen LogP contribution >= 0.6 is 11.3 Å². The smallest absolute Gasteiger partial charge is 0.311 e. The van der Waals surface area contributed by atoms with Gasteiger partial charge in [-0.3, -0.25) is 19.2 Å². The first-order valence-electron chi connectivity index (χ1n) is 9.53. The van der Waals surface area contributed by atoms with Crippen molar-refractivity contribution in [2.24, 2.45) is 0 Å². The van der Waals surface area contributed by atoms with Gasteiger partial charge < -0.3 is 25.5 Å². The lowest BCUT2D eigenvalue weighted by Crippen LogP contribution is -2.28. The maximum Gasteiger partial charge on any atom is 0.311 e. The molecule has 0 radical (unpaired) electrons. The Bertz CT molecular complexity index is 1330. The van der Waals surface area contributed by atoms with Gasteiger partial charge in [-0.15, -0.1) is 11.3 Å². The van der Waals surface area contributed by atoms with Crippen LogP contribution in [0, 0.1) is 0 Å². The first kappa shape index (κ1) is 19.2. The molecule has 0 fully saturated rings. The Labute approximate surface area is 178 Å². The van der Waals surface area contributed by atoms with E-state index in [1.807, 2.05) is 0 Å². The molecule has 2 aliphatic rings. The van der Waals surface area contributed by atoms with Gasteiger partial charge in [-0.2, -0.15) is 0 Å². The lowest BCUT2D eigenvalue weighted by atomic mass is 10.0. The highest BCUT2D eigenvalue weighted by atomic mass is 32.1. The first-order valence-corrected chi connectivity index (χ1v) is 10.3. The summed E-state index contributed by atoms with van der Waals surface area (Å²) in [7, 11) is 0. The van der Waals surface area contributed by atoms with Gasteiger partial charge in [0, 0.05) is 11.4 Å². The summed E-state index contributed by atoms with van der Waals surface area (Å²) in [6, 6.07) is 5.15. The third-order valence-electron chi connectivity index (χ3n) is 5.33. The fraction of sp³-hybridized carbons (Fsp3) is 0.250. The van der Waals surface area contributed by atoms with E-state index in [4.69, 9.17) is 4.74 Å². The van der Waals surface area contributed by atoms with Crippen LogP contribution in [0.3, 0.4) is 0 Å². The molecule has 3 heterocycles. The summed E-state index contributed by atoms with van der Waals surface area (Å²) in [5, 5.41) is 15.1. The molecular formula is C20H16N4O6S. The van der Waals surface area contributed by atoms with Crippen molar-refractivity contribution in [3.63, 3.8) is 0 Å². The van der Waals surface area contributed by atoms with Crippen LogP contribution in [0.25, 0.3) is 10.2 Å². The number of anilines is 1. The Morgan fingerprint density at radius 1 is 1.32 bits per heavy atom. The molecule has 1 atom stereocenters. The van der Waals surface area contributed by atoms with Crippen LogP contribution in [0.1, 0.15) is 39.0 Å². The maximum absolute atomic E-state index is 12.6. The molecule has 1 aliphatic heterocycles. The zero-order chi connectivity index (χ0) is 21.7. The van der Waals surface area contributed by atoms with E-state index in [9.17, 15) is 24.3 Å². The lowest BCUT2D eigenvalue weighted by Gasteiger charge is -2.18. The summed E-state index contributed by atoms with van der Waals surface area (Å²) in [6.07, 6.45) is 1.03. The van der Waals surface area contributed by atoms with Gasteiger partial charge in [-0.25, -0.2) is 4.98 Å². The molecule has 0 bridgehead atoms. The average Bonchev–Trinajstić information content (AvgIpc) is 3.30. The SMILES string of the molecule is O=C1COc2ccc(CNC(=O)c3nc4sc5c(c4c(=O)[nH]3)C(C(=O)O)CC5)cc2N1. The van der Waals surface area contributed by atoms with Gasteiger partial charge >= 0.3 is 5.97 Å². The number of fused-ring (bicyclic) bond motifs is 4. The molecule has 1 aromatic carbocycles. The minimum absolute atomic E-state index is 0.0377. The van der Waals surface area contributed by atoms with Crippen LogP contribution in [-0.2, 0) is 22.6 Å². The van der Waals surface area contributed by atoms with Crippen molar-refractivity contribution in [3.05, 3.63) is 50.4 Å². The van der Waals surface area contributed by atoms with Crippen molar-refractivity contribution in [2.75, 3.05) is 11.9 Å². The molecule has 1 aliphatic carbocycles. The van der Waals surface area contributed by atoms with E-state index in [2.05, 4.69) is 20.6 Å². The molecular weight excluding hydrogens is 424 g/mol. The average molecular weight is 440 g/mol. The first-order chi connectivity index (χ1) is 14.9. The molecule has 0 spiro atoms. The Kier molecular flexibility index (Phi) is 4.47. The van der Waals surface area contributed by atoms with E-state index in [0.717, 1.165) is 10.4 Å². The van der Waals surface area contributed by atoms with Gasteiger partial charge in [0.25, 0.3) is 17.4 Å². The molecule has 3 aromatic rings. The van der Waals surface area contributed by atoms with Gasteiger partial charge in [-0.1, -0.05) is 6.07 Å². The second kappa shape index (κ2) is 7.20. The summed E-state index contributed by atoms with van der Waals surface area (Å²) in [5.74, 6) is -2.10. The summed E-state index contributed by atoms with van der Waals surface area (Å²) in [4.78, 5) is 56.1. The molecule has 158 valence electrons. The minimum atomic E-state index is -0.966. The number of hydrogen-bond donors (Lipinski definition) is 4. The van der Waals surface area contributed by atoms with Gasteiger partial charge in [0.15, 0.2) is 6.61 Å². The normalized spacial score (nSPS) is 16.9. The number of H-pyrrole nitrogens is 1. The lowest BCUT2D eigenvalue weighted by molar-refractivity contribution is -0.138. The van der Waals surface area contributed by atoms with Gasteiger partial charge in [-0.05, 0) is 36.1 Å². The standard InChI is InChI=1S/C20H16N4O6S/c25-13-7-30-11-3-1-8(5-10(11)22-13)6-21-18(27)16-23-17(26)15-14-9(20(28)29)2-4-12(14)31-19(15)24-16/h1,3,5,9H,2,4,6-7H2,(H,21,27)(H,22,25)(H,28,29)(H,23,24,26). The number of carboxylic acid groups (broad SMARTS) is 1. The number of carboxylic acids is 1. The largest absolute Gasteiger partial charge is 0.482 e. The van der Waals surface area contributed by atoms with E-state index >= 15 is 0 Å². The molecule has 5 rings (SSSR count). The topological polar surface area (TPSA) is 150 Å². The molecule has 0 saturated heterocycles. The van der Waals surface area contributed by atoms with Gasteiger partial charge in [0.1, 0.15) is 10.6 Å². The van der Waals surface area contributed by atoms with Crippen molar-refractivity contribution < 1.29 is 24.2 Å². The minimum Gasteiger partial charge on any atom is -0.482 e. The summed E-state index contributed by atoms with van der Waals surface area (Å²) < 4.78 is 5.30. The van der Waals surface area contributed by atoms with Crippen LogP contribution in [0.15, 0.2) is 23.0 Å². The number of hydrogen-bond acceptors (Lipinski definition) is 7. The monoisotopic (exact) mass is 440 g/mol. The highest BCUT2D eigenvalue weighted by Crippen LogP contribution is 2.42. The highest BCUT2D eigenvalue weighted by molar-refractivity contribution is 7.18. The summed E-state index contributed by atoms with van der Waals surface area (Å²) in [5.41, 5.74) is 1.25. The number of aliphatic carboxylic acids is 1. The Balaban J connectivity index is 1.37. The number of nitrogens with zero attached hydrogens (tertiary/aromatic N) is 1. The number of aromatic nitrogens is 2. The molecule has 4 N–H and O–H groups in total. The van der Waals surface area contributed by atoms with Gasteiger partial charge in [0.05, 0.1) is 17.0 Å². The van der Waals surface area contributed by atoms with Crippen LogP contribution in [-0.4, -0.2) is 39.5 Å². The van der Waals surface area contributed by atoms with Crippen LogP contribution < -0.4 is 20.9 Å². The van der Waals surface area contributed by atoms with E-state index < -0.39 is 23.4 Å². The highest BCUT2D eigenvalue weighted by Gasteiger charge is 2.34. The number of nitrogens with one attached hydrogen (secondary N) is 3.